The smallest absolute Gasteiger partial charge is 0.306 e. The molecule has 0 aliphatic rings. The van der Waals surface area contributed by atoms with Crippen LogP contribution in [0.2, 0.25) is 0 Å². The van der Waals surface area contributed by atoms with Gasteiger partial charge in [-0.15, -0.1) is 0 Å². The number of aliphatic hydroxyl groups excluding tert-OH is 2. The largest absolute Gasteiger partial charge is 0.462 e. The van der Waals surface area contributed by atoms with Gasteiger partial charge in [-0.25, -0.2) is 0 Å². The van der Waals surface area contributed by atoms with Crippen molar-refractivity contribution >= 4 is 11.9 Å². The zero-order valence-electron chi connectivity index (χ0n) is 37.1. The summed E-state index contributed by atoms with van der Waals surface area (Å²) in [5, 5.41) is 23.7. The first-order chi connectivity index (χ1) is 27.0. The number of esters is 1. The van der Waals surface area contributed by atoms with E-state index in [0.717, 1.165) is 51.4 Å². The molecule has 3 atom stereocenters. The van der Waals surface area contributed by atoms with E-state index in [-0.39, 0.29) is 24.9 Å². The van der Waals surface area contributed by atoms with E-state index in [1.54, 1.807) is 0 Å². The zero-order valence-corrected chi connectivity index (χ0v) is 37.1. The van der Waals surface area contributed by atoms with Crippen molar-refractivity contribution in [3.05, 3.63) is 12.2 Å². The molecule has 0 fully saturated rings. The fourth-order valence-electron chi connectivity index (χ4n) is 7.61. The van der Waals surface area contributed by atoms with Crippen LogP contribution in [0.5, 0.6) is 0 Å². The first-order valence-electron chi connectivity index (χ1n) is 24.4. The van der Waals surface area contributed by atoms with E-state index in [0.29, 0.717) is 19.3 Å². The average molecular weight is 778 g/mol. The third kappa shape index (κ3) is 39.2. The maximum absolute atomic E-state index is 13.1. The molecule has 0 aliphatic heterocycles. The SMILES string of the molecule is CCCCCCCCC/C=C\CCCC(CC(=O)NC(CO)C(O)CCCCCCCCCCCCCCC)OC(=O)CCCCCCCCCCCCC. The van der Waals surface area contributed by atoms with Crippen molar-refractivity contribution in [2.45, 2.75) is 283 Å². The van der Waals surface area contributed by atoms with Crippen LogP contribution in [0.25, 0.3) is 0 Å². The Balaban J connectivity index is 4.56. The molecule has 0 bridgehead atoms. The Morgan fingerprint density at radius 3 is 1.33 bits per heavy atom. The van der Waals surface area contributed by atoms with Gasteiger partial charge in [0.25, 0.3) is 0 Å². The van der Waals surface area contributed by atoms with Gasteiger partial charge in [-0.2, -0.15) is 0 Å². The van der Waals surface area contributed by atoms with Crippen LogP contribution in [0.4, 0.5) is 0 Å². The van der Waals surface area contributed by atoms with Crippen LogP contribution in [0, 0.1) is 0 Å². The van der Waals surface area contributed by atoms with Gasteiger partial charge in [-0.3, -0.25) is 9.59 Å². The van der Waals surface area contributed by atoms with Crippen molar-refractivity contribution in [1.29, 1.82) is 0 Å². The van der Waals surface area contributed by atoms with Crippen molar-refractivity contribution < 1.29 is 24.5 Å². The highest BCUT2D eigenvalue weighted by molar-refractivity contribution is 5.77. The van der Waals surface area contributed by atoms with Crippen LogP contribution >= 0.6 is 0 Å². The van der Waals surface area contributed by atoms with Gasteiger partial charge in [0.1, 0.15) is 6.10 Å². The molecule has 3 unspecified atom stereocenters. The third-order valence-corrected chi connectivity index (χ3v) is 11.3. The number of unbranched alkanes of at least 4 members (excludes halogenated alkanes) is 30. The number of aliphatic hydroxyl groups is 2. The molecule has 0 saturated heterocycles. The summed E-state index contributed by atoms with van der Waals surface area (Å²) in [4.78, 5) is 26.0. The van der Waals surface area contributed by atoms with Crippen LogP contribution in [-0.2, 0) is 14.3 Å². The van der Waals surface area contributed by atoms with Gasteiger partial charge in [0, 0.05) is 6.42 Å². The molecule has 0 saturated carbocycles. The molecule has 0 aliphatic carbocycles. The molecular weight excluding hydrogens is 683 g/mol. The van der Waals surface area contributed by atoms with E-state index in [1.165, 1.54) is 167 Å². The third-order valence-electron chi connectivity index (χ3n) is 11.3. The first-order valence-corrected chi connectivity index (χ1v) is 24.4. The van der Waals surface area contributed by atoms with E-state index >= 15 is 0 Å². The summed E-state index contributed by atoms with van der Waals surface area (Å²) in [5.74, 6) is -0.491. The highest BCUT2D eigenvalue weighted by atomic mass is 16.5. The fourth-order valence-corrected chi connectivity index (χ4v) is 7.61. The Morgan fingerprint density at radius 2 is 0.891 bits per heavy atom. The van der Waals surface area contributed by atoms with Gasteiger partial charge in [0.05, 0.1) is 25.2 Å². The molecule has 0 spiro atoms. The van der Waals surface area contributed by atoms with Crippen LogP contribution in [0.15, 0.2) is 12.2 Å². The number of amides is 1. The van der Waals surface area contributed by atoms with E-state index in [2.05, 4.69) is 38.2 Å². The molecule has 0 aromatic heterocycles. The molecule has 0 radical (unpaired) electrons. The normalized spacial score (nSPS) is 13.3. The van der Waals surface area contributed by atoms with Gasteiger partial charge < -0.3 is 20.3 Å². The van der Waals surface area contributed by atoms with Gasteiger partial charge in [0.15, 0.2) is 0 Å². The number of rotatable bonds is 44. The molecular formula is C49H95NO5. The van der Waals surface area contributed by atoms with Gasteiger partial charge in [-0.1, -0.05) is 219 Å². The highest BCUT2D eigenvalue weighted by Crippen LogP contribution is 2.17. The van der Waals surface area contributed by atoms with Crippen LogP contribution in [-0.4, -0.2) is 46.9 Å². The maximum Gasteiger partial charge on any atom is 0.306 e. The van der Waals surface area contributed by atoms with E-state index < -0.39 is 18.2 Å². The lowest BCUT2D eigenvalue weighted by molar-refractivity contribution is -0.151. The Kier molecular flexibility index (Phi) is 42.6. The molecule has 0 aromatic rings. The van der Waals surface area contributed by atoms with Crippen molar-refractivity contribution in [3.63, 3.8) is 0 Å². The Hall–Kier alpha value is -1.40. The molecule has 1 amide bonds. The van der Waals surface area contributed by atoms with Crippen molar-refractivity contribution in [1.82, 2.24) is 5.32 Å². The number of ether oxygens (including phenoxy) is 1. The standard InChI is InChI=1S/C49H95NO5/c1-4-7-10-13-16-19-22-24-27-29-32-35-38-41-47(52)46(44-51)50-48(53)43-45(40-37-34-31-28-26-23-20-17-14-11-8-5-2)55-49(54)42-39-36-33-30-25-21-18-15-12-9-6-3/h28,31,45-47,51-52H,4-27,29-30,32-44H2,1-3H3,(H,50,53)/b31-28-. The van der Waals surface area contributed by atoms with Gasteiger partial charge in [0.2, 0.25) is 5.91 Å². The van der Waals surface area contributed by atoms with Crippen molar-refractivity contribution in [2.75, 3.05) is 6.61 Å². The minimum absolute atomic E-state index is 0.0632. The minimum atomic E-state index is -0.787. The van der Waals surface area contributed by atoms with E-state index in [4.69, 9.17) is 4.74 Å². The molecule has 6 heteroatoms. The number of carbonyl (C=O) groups is 2. The molecule has 3 N–H and O–H groups in total. The Morgan fingerprint density at radius 1 is 0.509 bits per heavy atom. The molecule has 326 valence electrons. The Labute approximate surface area is 342 Å². The average Bonchev–Trinajstić information content (AvgIpc) is 3.18. The van der Waals surface area contributed by atoms with Crippen molar-refractivity contribution in [3.8, 4) is 0 Å². The number of allylic oxidation sites excluding steroid dienone is 2. The highest BCUT2D eigenvalue weighted by Gasteiger charge is 2.24. The fraction of sp³-hybridized carbons (Fsp3) is 0.918. The second kappa shape index (κ2) is 43.7. The predicted molar refractivity (Wildman–Crippen MR) is 237 cm³/mol. The number of carbonyl (C=O) groups excluding carboxylic acids is 2. The summed E-state index contributed by atoms with van der Waals surface area (Å²) in [6.07, 6.45) is 47.0. The molecule has 0 rings (SSSR count). The lowest BCUT2D eigenvalue weighted by Crippen LogP contribution is -2.46. The molecule has 55 heavy (non-hydrogen) atoms. The van der Waals surface area contributed by atoms with Crippen LogP contribution in [0.1, 0.15) is 265 Å². The van der Waals surface area contributed by atoms with Gasteiger partial charge in [-0.05, 0) is 44.9 Å². The lowest BCUT2D eigenvalue weighted by Gasteiger charge is -2.24. The summed E-state index contributed by atoms with van der Waals surface area (Å²) in [7, 11) is 0. The zero-order chi connectivity index (χ0) is 40.3. The van der Waals surface area contributed by atoms with Crippen LogP contribution < -0.4 is 5.32 Å². The maximum atomic E-state index is 13.1. The van der Waals surface area contributed by atoms with E-state index in [9.17, 15) is 19.8 Å². The summed E-state index contributed by atoms with van der Waals surface area (Å²) in [6, 6.07) is -0.702. The van der Waals surface area contributed by atoms with Crippen LogP contribution in [0.3, 0.4) is 0 Å². The predicted octanol–water partition coefficient (Wildman–Crippen LogP) is 14.2. The number of nitrogens with one attached hydrogen (secondary N) is 1. The summed E-state index contributed by atoms with van der Waals surface area (Å²) in [6.45, 7) is 6.47. The second-order valence-corrected chi connectivity index (χ2v) is 16.9. The quantitative estimate of drug-likeness (QED) is 0.0325. The van der Waals surface area contributed by atoms with Crippen molar-refractivity contribution in [2.24, 2.45) is 0 Å². The molecule has 0 aromatic carbocycles. The first kappa shape index (κ1) is 53.6. The topological polar surface area (TPSA) is 95.9 Å². The monoisotopic (exact) mass is 778 g/mol. The lowest BCUT2D eigenvalue weighted by atomic mass is 10.0. The molecule has 6 nitrogen and oxygen atoms in total. The molecule has 0 heterocycles. The van der Waals surface area contributed by atoms with E-state index in [1.807, 2.05) is 0 Å². The Bertz CT molecular complexity index is 832. The minimum Gasteiger partial charge on any atom is -0.462 e. The number of hydrogen-bond donors (Lipinski definition) is 3. The summed E-state index contributed by atoms with van der Waals surface area (Å²) in [5.41, 5.74) is 0. The van der Waals surface area contributed by atoms with Gasteiger partial charge >= 0.3 is 5.97 Å². The summed E-state index contributed by atoms with van der Waals surface area (Å²) < 4.78 is 5.89. The second-order valence-electron chi connectivity index (χ2n) is 16.9. The summed E-state index contributed by atoms with van der Waals surface area (Å²) >= 11 is 0. The number of hydrogen-bond acceptors (Lipinski definition) is 5.